The van der Waals surface area contributed by atoms with Crippen molar-refractivity contribution in [3.8, 4) is 0 Å². The number of carbonyl (C=O) groups excluding carboxylic acids is 2. The molecule has 1 aromatic heterocycles. The molecule has 0 saturated carbocycles. The van der Waals surface area contributed by atoms with Gasteiger partial charge in [0.15, 0.2) is 0 Å². The lowest BCUT2D eigenvalue weighted by molar-refractivity contribution is -0.130. The van der Waals surface area contributed by atoms with Crippen LogP contribution in [0.4, 0.5) is 14.9 Å². The topological polar surface area (TPSA) is 113 Å². The van der Waals surface area contributed by atoms with Gasteiger partial charge in [0.05, 0.1) is 37.4 Å². The van der Waals surface area contributed by atoms with E-state index in [4.69, 9.17) is 4.74 Å². The van der Waals surface area contributed by atoms with Gasteiger partial charge < -0.3 is 25.8 Å². The number of aliphatic hydroxyl groups is 1. The molecular weight excluding hydrogens is 391 g/mol. The van der Waals surface area contributed by atoms with E-state index in [0.29, 0.717) is 25.1 Å². The van der Waals surface area contributed by atoms with E-state index in [1.807, 2.05) is 12.1 Å². The lowest BCUT2D eigenvalue weighted by Gasteiger charge is -2.35. The van der Waals surface area contributed by atoms with E-state index in [-0.39, 0.29) is 25.0 Å². The molecule has 1 saturated heterocycles. The van der Waals surface area contributed by atoms with E-state index in [1.54, 1.807) is 12.3 Å². The van der Waals surface area contributed by atoms with Gasteiger partial charge >= 0.3 is 6.03 Å². The molecule has 9 heteroatoms. The molecule has 3 atom stereocenters. The number of hydrogen-bond donors (Lipinski definition) is 4. The molecule has 0 unspecified atom stereocenters. The summed E-state index contributed by atoms with van der Waals surface area (Å²) in [5.74, 6) is -0.556. The van der Waals surface area contributed by atoms with Crippen molar-refractivity contribution in [3.63, 3.8) is 0 Å². The van der Waals surface area contributed by atoms with Gasteiger partial charge in [-0.2, -0.15) is 0 Å². The molecule has 30 heavy (non-hydrogen) atoms. The molecule has 1 fully saturated rings. The molecule has 0 aliphatic carbocycles. The quantitative estimate of drug-likeness (QED) is 0.551. The van der Waals surface area contributed by atoms with Crippen LogP contribution in [0, 0.1) is 5.82 Å². The molecule has 2 aromatic rings. The SMILES string of the molecule is O=C(C[C@@H]1CC[C@@H](NC(=O)Nc2ccc(F)cc2)[C@@H](CO)O1)NCc1ccccn1. The average molecular weight is 416 g/mol. The van der Waals surface area contributed by atoms with Crippen molar-refractivity contribution in [2.75, 3.05) is 11.9 Å². The number of amides is 3. The fourth-order valence-corrected chi connectivity index (χ4v) is 3.29. The molecule has 0 radical (unpaired) electrons. The predicted octanol–water partition coefficient (Wildman–Crippen LogP) is 1.96. The number of pyridine rings is 1. The fourth-order valence-electron chi connectivity index (χ4n) is 3.29. The Bertz CT molecular complexity index is 835. The molecule has 2 heterocycles. The van der Waals surface area contributed by atoms with Crippen molar-refractivity contribution in [2.24, 2.45) is 0 Å². The number of urea groups is 1. The number of aliphatic hydroxyl groups excluding tert-OH is 1. The number of carbonyl (C=O) groups is 2. The van der Waals surface area contributed by atoms with Crippen molar-refractivity contribution in [1.82, 2.24) is 15.6 Å². The van der Waals surface area contributed by atoms with Gasteiger partial charge in [0.25, 0.3) is 0 Å². The van der Waals surface area contributed by atoms with Gasteiger partial charge in [-0.3, -0.25) is 9.78 Å². The summed E-state index contributed by atoms with van der Waals surface area (Å²) >= 11 is 0. The maximum absolute atomic E-state index is 13.0. The first-order valence-corrected chi connectivity index (χ1v) is 9.79. The van der Waals surface area contributed by atoms with E-state index in [2.05, 4.69) is 20.9 Å². The van der Waals surface area contributed by atoms with Crippen LogP contribution in [0.3, 0.4) is 0 Å². The highest BCUT2D eigenvalue weighted by Crippen LogP contribution is 2.22. The Morgan fingerprint density at radius 3 is 2.67 bits per heavy atom. The summed E-state index contributed by atoms with van der Waals surface area (Å²) in [6.07, 6.45) is 1.99. The first-order valence-electron chi connectivity index (χ1n) is 9.79. The van der Waals surface area contributed by atoms with Crippen molar-refractivity contribution < 1.29 is 23.8 Å². The predicted molar refractivity (Wildman–Crippen MR) is 108 cm³/mol. The van der Waals surface area contributed by atoms with E-state index in [9.17, 15) is 19.1 Å². The standard InChI is InChI=1S/C21H25FN4O4/c22-14-4-6-15(7-5-14)25-21(29)26-18-9-8-17(30-19(18)13-27)11-20(28)24-12-16-3-1-2-10-23-16/h1-7,10,17-19,27H,8-9,11-13H2,(H,24,28)(H2,25,26,29)/t17-,18+,19+/m0/s1. The summed E-state index contributed by atoms with van der Waals surface area (Å²) in [7, 11) is 0. The molecule has 1 aromatic carbocycles. The monoisotopic (exact) mass is 416 g/mol. The van der Waals surface area contributed by atoms with Gasteiger partial charge in [0.1, 0.15) is 11.9 Å². The summed E-state index contributed by atoms with van der Waals surface area (Å²) < 4.78 is 18.8. The highest BCUT2D eigenvalue weighted by molar-refractivity contribution is 5.89. The molecule has 4 N–H and O–H groups in total. The summed E-state index contributed by atoms with van der Waals surface area (Å²) in [6, 6.07) is 10.0. The van der Waals surface area contributed by atoms with Crippen LogP contribution in [0.2, 0.25) is 0 Å². The maximum Gasteiger partial charge on any atom is 0.319 e. The minimum atomic E-state index is -0.619. The van der Waals surface area contributed by atoms with Gasteiger partial charge in [-0.15, -0.1) is 0 Å². The second-order valence-corrected chi connectivity index (χ2v) is 7.07. The van der Waals surface area contributed by atoms with Crippen molar-refractivity contribution in [1.29, 1.82) is 0 Å². The molecule has 1 aliphatic rings. The number of rotatable bonds is 7. The zero-order chi connectivity index (χ0) is 21.3. The third-order valence-electron chi connectivity index (χ3n) is 4.82. The molecule has 0 bridgehead atoms. The van der Waals surface area contributed by atoms with Crippen LogP contribution in [0.15, 0.2) is 48.7 Å². The van der Waals surface area contributed by atoms with E-state index >= 15 is 0 Å². The van der Waals surface area contributed by atoms with Gasteiger partial charge in [0.2, 0.25) is 5.91 Å². The zero-order valence-electron chi connectivity index (χ0n) is 16.4. The first kappa shape index (κ1) is 21.7. The molecule has 3 rings (SSSR count). The number of aromatic nitrogens is 1. The Morgan fingerprint density at radius 2 is 1.97 bits per heavy atom. The lowest BCUT2D eigenvalue weighted by Crippen LogP contribution is -2.52. The van der Waals surface area contributed by atoms with Gasteiger partial charge in [-0.1, -0.05) is 6.07 Å². The maximum atomic E-state index is 13.0. The van der Waals surface area contributed by atoms with Crippen LogP contribution >= 0.6 is 0 Å². The number of nitrogens with one attached hydrogen (secondary N) is 3. The minimum absolute atomic E-state index is 0.164. The van der Waals surface area contributed by atoms with Crippen LogP contribution in [-0.2, 0) is 16.1 Å². The third-order valence-corrected chi connectivity index (χ3v) is 4.82. The number of halogens is 1. The smallest absolute Gasteiger partial charge is 0.319 e. The molecule has 0 spiro atoms. The largest absolute Gasteiger partial charge is 0.394 e. The lowest BCUT2D eigenvalue weighted by atomic mass is 9.97. The van der Waals surface area contributed by atoms with Crippen LogP contribution in [0.1, 0.15) is 25.0 Å². The van der Waals surface area contributed by atoms with E-state index < -0.39 is 24.0 Å². The van der Waals surface area contributed by atoms with Crippen molar-refractivity contribution in [2.45, 2.75) is 44.1 Å². The summed E-state index contributed by atoms with van der Waals surface area (Å²) in [4.78, 5) is 28.5. The Balaban J connectivity index is 1.44. The zero-order valence-corrected chi connectivity index (χ0v) is 16.4. The highest BCUT2D eigenvalue weighted by atomic mass is 19.1. The van der Waals surface area contributed by atoms with Gasteiger partial charge in [-0.05, 0) is 49.2 Å². The second kappa shape index (κ2) is 10.7. The number of nitrogens with zero attached hydrogens (tertiary/aromatic N) is 1. The minimum Gasteiger partial charge on any atom is -0.394 e. The molecule has 1 aliphatic heterocycles. The Labute approximate surface area is 173 Å². The molecule has 8 nitrogen and oxygen atoms in total. The number of hydrogen-bond acceptors (Lipinski definition) is 5. The average Bonchev–Trinajstić information content (AvgIpc) is 2.75. The van der Waals surface area contributed by atoms with Gasteiger partial charge in [0, 0.05) is 11.9 Å². The first-order chi connectivity index (χ1) is 14.5. The van der Waals surface area contributed by atoms with Crippen LogP contribution < -0.4 is 16.0 Å². The highest BCUT2D eigenvalue weighted by Gasteiger charge is 2.32. The Kier molecular flexibility index (Phi) is 7.69. The summed E-state index contributed by atoms with van der Waals surface area (Å²) in [5, 5.41) is 17.8. The summed E-state index contributed by atoms with van der Waals surface area (Å²) in [6.45, 7) is 0.0527. The van der Waals surface area contributed by atoms with Crippen molar-refractivity contribution in [3.05, 3.63) is 60.2 Å². The van der Waals surface area contributed by atoms with E-state index in [1.165, 1.54) is 24.3 Å². The second-order valence-electron chi connectivity index (χ2n) is 7.07. The molecule has 3 amide bonds. The Morgan fingerprint density at radius 1 is 1.17 bits per heavy atom. The van der Waals surface area contributed by atoms with Crippen LogP contribution in [0.5, 0.6) is 0 Å². The van der Waals surface area contributed by atoms with E-state index in [0.717, 1.165) is 5.69 Å². The Hall–Kier alpha value is -3.04. The molecule has 160 valence electrons. The van der Waals surface area contributed by atoms with Crippen molar-refractivity contribution >= 4 is 17.6 Å². The number of anilines is 1. The van der Waals surface area contributed by atoms with Crippen LogP contribution in [0.25, 0.3) is 0 Å². The summed E-state index contributed by atoms with van der Waals surface area (Å²) in [5.41, 5.74) is 1.22. The fraction of sp³-hybridized carbons (Fsp3) is 0.381. The molecular formula is C21H25FN4O4. The van der Waals surface area contributed by atoms with Crippen LogP contribution in [-0.4, -0.2) is 46.9 Å². The number of benzene rings is 1. The third kappa shape index (κ3) is 6.50. The van der Waals surface area contributed by atoms with Gasteiger partial charge in [-0.25, -0.2) is 9.18 Å². The normalized spacial score (nSPS) is 20.9. The number of ether oxygens (including phenoxy) is 1.